The lowest BCUT2D eigenvalue weighted by atomic mass is 10.1. The molecule has 0 atom stereocenters. The molecule has 0 amide bonds. The fraction of sp³-hybridized carbons (Fsp3) is 0.133. The minimum atomic E-state index is 0.664. The number of anilines is 2. The molecule has 18 heavy (non-hydrogen) atoms. The van der Waals surface area contributed by atoms with Crippen molar-refractivity contribution in [1.82, 2.24) is 0 Å². The summed E-state index contributed by atoms with van der Waals surface area (Å²) in [7, 11) is 0. The van der Waals surface area contributed by atoms with Crippen molar-refractivity contribution in [3.63, 3.8) is 0 Å². The second kappa shape index (κ2) is 5.24. The maximum atomic E-state index is 9.14. The molecule has 0 aliphatic rings. The summed E-state index contributed by atoms with van der Waals surface area (Å²) in [6.07, 6.45) is 0. The number of halogens is 1. The van der Waals surface area contributed by atoms with E-state index in [1.807, 2.05) is 50.2 Å². The first kappa shape index (κ1) is 12.7. The zero-order chi connectivity index (χ0) is 13.1. The Balaban J connectivity index is 2.37. The maximum absolute atomic E-state index is 9.14. The van der Waals surface area contributed by atoms with E-state index in [0.717, 1.165) is 27.0 Å². The van der Waals surface area contributed by atoms with E-state index in [1.54, 1.807) is 0 Å². The van der Waals surface area contributed by atoms with Crippen molar-refractivity contribution in [3.8, 4) is 6.07 Å². The van der Waals surface area contributed by atoms with Crippen LogP contribution in [0.25, 0.3) is 0 Å². The van der Waals surface area contributed by atoms with E-state index >= 15 is 0 Å². The topological polar surface area (TPSA) is 35.8 Å². The lowest BCUT2D eigenvalue weighted by Gasteiger charge is -2.11. The highest BCUT2D eigenvalue weighted by Crippen LogP contribution is 2.26. The number of hydrogen-bond acceptors (Lipinski definition) is 2. The van der Waals surface area contributed by atoms with Crippen molar-refractivity contribution in [3.05, 3.63) is 57.6 Å². The van der Waals surface area contributed by atoms with Crippen molar-refractivity contribution in [1.29, 1.82) is 5.26 Å². The Labute approximate surface area is 115 Å². The Morgan fingerprint density at radius 2 is 1.78 bits per heavy atom. The van der Waals surface area contributed by atoms with Crippen LogP contribution < -0.4 is 5.32 Å². The van der Waals surface area contributed by atoms with Crippen LogP contribution in [-0.2, 0) is 0 Å². The molecule has 0 aliphatic heterocycles. The third kappa shape index (κ3) is 2.72. The fourth-order valence-electron chi connectivity index (χ4n) is 1.77. The van der Waals surface area contributed by atoms with Gasteiger partial charge in [-0.15, -0.1) is 0 Å². The SMILES string of the molecule is Cc1ccc(Nc2ccc(Br)cc2C)c(C#N)c1. The highest BCUT2D eigenvalue weighted by Gasteiger charge is 2.04. The van der Waals surface area contributed by atoms with Crippen LogP contribution in [0.4, 0.5) is 11.4 Å². The van der Waals surface area contributed by atoms with Gasteiger partial charge in [0.15, 0.2) is 0 Å². The van der Waals surface area contributed by atoms with Gasteiger partial charge in [0, 0.05) is 10.2 Å². The Bertz CT molecular complexity index is 627. The number of aryl methyl sites for hydroxylation is 2. The van der Waals surface area contributed by atoms with Crippen molar-refractivity contribution in [2.75, 3.05) is 5.32 Å². The van der Waals surface area contributed by atoms with Gasteiger partial charge in [-0.3, -0.25) is 0 Å². The van der Waals surface area contributed by atoms with Gasteiger partial charge in [-0.1, -0.05) is 22.0 Å². The van der Waals surface area contributed by atoms with Crippen LogP contribution >= 0.6 is 15.9 Å². The molecule has 0 saturated carbocycles. The van der Waals surface area contributed by atoms with Crippen molar-refractivity contribution in [2.45, 2.75) is 13.8 Å². The lowest BCUT2D eigenvalue weighted by Crippen LogP contribution is -1.96. The minimum Gasteiger partial charge on any atom is -0.354 e. The molecule has 2 rings (SSSR count). The van der Waals surface area contributed by atoms with Crippen LogP contribution in [-0.4, -0.2) is 0 Å². The van der Waals surface area contributed by atoms with E-state index in [-0.39, 0.29) is 0 Å². The molecule has 0 unspecified atom stereocenters. The lowest BCUT2D eigenvalue weighted by molar-refractivity contribution is 1.38. The first-order valence-electron chi connectivity index (χ1n) is 5.64. The Hall–Kier alpha value is -1.79. The van der Waals surface area contributed by atoms with E-state index in [2.05, 4.69) is 27.3 Å². The second-order valence-corrected chi connectivity index (χ2v) is 5.16. The highest BCUT2D eigenvalue weighted by atomic mass is 79.9. The normalized spacial score (nSPS) is 9.89. The molecule has 0 fully saturated rings. The molecular weight excluding hydrogens is 288 g/mol. The van der Waals surface area contributed by atoms with Crippen molar-refractivity contribution < 1.29 is 0 Å². The molecule has 0 heterocycles. The van der Waals surface area contributed by atoms with Crippen molar-refractivity contribution in [2.24, 2.45) is 0 Å². The van der Waals surface area contributed by atoms with E-state index in [9.17, 15) is 0 Å². The van der Waals surface area contributed by atoms with Crippen LogP contribution in [0, 0.1) is 25.2 Å². The van der Waals surface area contributed by atoms with E-state index in [1.165, 1.54) is 0 Å². The number of nitriles is 1. The number of benzene rings is 2. The molecular formula is C15H13BrN2. The van der Waals surface area contributed by atoms with Gasteiger partial charge in [0.2, 0.25) is 0 Å². The molecule has 2 nitrogen and oxygen atoms in total. The molecule has 2 aromatic carbocycles. The van der Waals surface area contributed by atoms with Gasteiger partial charge >= 0.3 is 0 Å². The molecule has 3 heteroatoms. The fourth-order valence-corrected chi connectivity index (χ4v) is 2.25. The molecule has 0 radical (unpaired) electrons. The summed E-state index contributed by atoms with van der Waals surface area (Å²) < 4.78 is 1.05. The zero-order valence-corrected chi connectivity index (χ0v) is 11.9. The number of hydrogen-bond donors (Lipinski definition) is 1. The predicted octanol–water partition coefficient (Wildman–Crippen LogP) is 4.68. The van der Waals surface area contributed by atoms with Crippen LogP contribution in [0.3, 0.4) is 0 Å². The number of nitrogens with zero attached hydrogens (tertiary/aromatic N) is 1. The summed E-state index contributed by atoms with van der Waals surface area (Å²) in [5.74, 6) is 0. The second-order valence-electron chi connectivity index (χ2n) is 4.25. The largest absolute Gasteiger partial charge is 0.354 e. The quantitative estimate of drug-likeness (QED) is 0.874. The van der Waals surface area contributed by atoms with Crippen LogP contribution in [0.2, 0.25) is 0 Å². The average Bonchev–Trinajstić information content (AvgIpc) is 2.34. The van der Waals surface area contributed by atoms with E-state index in [0.29, 0.717) is 5.56 Å². The molecule has 0 bridgehead atoms. The smallest absolute Gasteiger partial charge is 0.101 e. The van der Waals surface area contributed by atoms with E-state index in [4.69, 9.17) is 5.26 Å². The number of nitrogens with one attached hydrogen (secondary N) is 1. The number of rotatable bonds is 2. The van der Waals surface area contributed by atoms with Gasteiger partial charge in [-0.05, 0) is 55.3 Å². The summed E-state index contributed by atoms with van der Waals surface area (Å²) in [6.45, 7) is 4.02. The molecule has 90 valence electrons. The third-order valence-electron chi connectivity index (χ3n) is 2.75. The monoisotopic (exact) mass is 300 g/mol. The van der Waals surface area contributed by atoms with E-state index < -0.39 is 0 Å². The summed E-state index contributed by atoms with van der Waals surface area (Å²) in [5, 5.41) is 12.4. The van der Waals surface area contributed by atoms with Crippen LogP contribution in [0.1, 0.15) is 16.7 Å². The van der Waals surface area contributed by atoms with Crippen LogP contribution in [0.5, 0.6) is 0 Å². The predicted molar refractivity (Wildman–Crippen MR) is 78.1 cm³/mol. The van der Waals surface area contributed by atoms with Crippen molar-refractivity contribution >= 4 is 27.3 Å². The highest BCUT2D eigenvalue weighted by molar-refractivity contribution is 9.10. The zero-order valence-electron chi connectivity index (χ0n) is 10.3. The van der Waals surface area contributed by atoms with Crippen LogP contribution in [0.15, 0.2) is 40.9 Å². The molecule has 0 saturated heterocycles. The molecule has 1 N–H and O–H groups in total. The third-order valence-corrected chi connectivity index (χ3v) is 3.25. The van der Waals surface area contributed by atoms with Gasteiger partial charge in [0.1, 0.15) is 6.07 Å². The summed E-state index contributed by atoms with van der Waals surface area (Å²) in [5.41, 5.74) is 4.74. The summed E-state index contributed by atoms with van der Waals surface area (Å²) >= 11 is 3.44. The Morgan fingerprint density at radius 1 is 1.06 bits per heavy atom. The standard InChI is InChI=1S/C15H13BrN2/c1-10-3-5-15(12(7-10)9-17)18-14-6-4-13(16)8-11(14)2/h3-8,18H,1-2H3. The molecule has 0 aliphatic carbocycles. The van der Waals surface area contributed by atoms with Gasteiger partial charge in [0.05, 0.1) is 11.3 Å². The van der Waals surface area contributed by atoms with Gasteiger partial charge in [-0.25, -0.2) is 0 Å². The first-order chi connectivity index (χ1) is 8.60. The van der Waals surface area contributed by atoms with Gasteiger partial charge < -0.3 is 5.32 Å². The molecule has 2 aromatic rings. The maximum Gasteiger partial charge on any atom is 0.101 e. The van der Waals surface area contributed by atoms with Gasteiger partial charge in [-0.2, -0.15) is 5.26 Å². The minimum absolute atomic E-state index is 0.664. The first-order valence-corrected chi connectivity index (χ1v) is 6.43. The summed E-state index contributed by atoms with van der Waals surface area (Å²) in [6, 6.07) is 14.1. The Kier molecular flexibility index (Phi) is 3.69. The molecule has 0 spiro atoms. The average molecular weight is 301 g/mol. The summed E-state index contributed by atoms with van der Waals surface area (Å²) in [4.78, 5) is 0. The van der Waals surface area contributed by atoms with Gasteiger partial charge in [0.25, 0.3) is 0 Å². The Morgan fingerprint density at radius 3 is 2.44 bits per heavy atom. The molecule has 0 aromatic heterocycles.